The Morgan fingerprint density at radius 2 is 1.73 bits per heavy atom. The van der Waals surface area contributed by atoms with Gasteiger partial charge in [0.1, 0.15) is 0 Å². The lowest BCUT2D eigenvalue weighted by atomic mass is 10.2. The Bertz CT molecular complexity index is 702. The minimum absolute atomic E-state index is 0.122. The lowest BCUT2D eigenvalue weighted by Gasteiger charge is -2.22. The van der Waals surface area contributed by atoms with E-state index in [1.54, 1.807) is 24.3 Å². The predicted molar refractivity (Wildman–Crippen MR) is 105 cm³/mol. The molecule has 4 nitrogen and oxygen atoms in total. The molecule has 2 rings (SSSR count). The number of halogens is 1. The van der Waals surface area contributed by atoms with Gasteiger partial charge in [-0.1, -0.05) is 48.9 Å². The van der Waals surface area contributed by atoms with Gasteiger partial charge in [-0.05, 0) is 42.7 Å². The van der Waals surface area contributed by atoms with E-state index in [1.807, 2.05) is 35.2 Å². The standard InChI is InChI=1S/C21H25ClN2O2/c1-2-15-24(16-17-7-4-3-5-8-17)20(25)9-6-14-23-21(26)18-10-12-19(22)13-11-18/h3-5,7-8,10-13H,2,6,9,14-16H2,1H3,(H,23,26). The van der Waals surface area contributed by atoms with Crippen LogP contribution in [0, 0.1) is 0 Å². The third-order valence-corrected chi connectivity index (χ3v) is 4.27. The lowest BCUT2D eigenvalue weighted by molar-refractivity contribution is -0.131. The van der Waals surface area contributed by atoms with Crippen LogP contribution in [-0.4, -0.2) is 29.8 Å². The third kappa shape index (κ3) is 6.52. The highest BCUT2D eigenvalue weighted by molar-refractivity contribution is 6.30. The molecule has 2 aromatic carbocycles. The van der Waals surface area contributed by atoms with Gasteiger partial charge in [0.25, 0.3) is 5.91 Å². The number of nitrogens with one attached hydrogen (secondary N) is 1. The number of hydrogen-bond acceptors (Lipinski definition) is 2. The molecule has 0 saturated heterocycles. The number of hydrogen-bond donors (Lipinski definition) is 1. The van der Waals surface area contributed by atoms with Crippen LogP contribution in [0.5, 0.6) is 0 Å². The van der Waals surface area contributed by atoms with Crippen molar-refractivity contribution in [3.63, 3.8) is 0 Å². The highest BCUT2D eigenvalue weighted by Crippen LogP contribution is 2.10. The van der Waals surface area contributed by atoms with Crippen LogP contribution >= 0.6 is 11.6 Å². The van der Waals surface area contributed by atoms with Gasteiger partial charge in [0, 0.05) is 36.6 Å². The van der Waals surface area contributed by atoms with Crippen LogP contribution in [0.2, 0.25) is 5.02 Å². The largest absolute Gasteiger partial charge is 0.352 e. The van der Waals surface area contributed by atoms with Crippen molar-refractivity contribution >= 4 is 23.4 Å². The Morgan fingerprint density at radius 1 is 1.04 bits per heavy atom. The summed E-state index contributed by atoms with van der Waals surface area (Å²) >= 11 is 5.82. The normalized spacial score (nSPS) is 10.4. The maximum Gasteiger partial charge on any atom is 0.251 e. The predicted octanol–water partition coefficient (Wildman–Crippen LogP) is 4.29. The van der Waals surface area contributed by atoms with E-state index in [-0.39, 0.29) is 11.8 Å². The highest BCUT2D eigenvalue weighted by Gasteiger charge is 2.13. The van der Waals surface area contributed by atoms with E-state index in [2.05, 4.69) is 12.2 Å². The van der Waals surface area contributed by atoms with E-state index >= 15 is 0 Å². The summed E-state index contributed by atoms with van der Waals surface area (Å²) < 4.78 is 0. The fourth-order valence-electron chi connectivity index (χ4n) is 2.67. The van der Waals surface area contributed by atoms with Gasteiger partial charge >= 0.3 is 0 Å². The molecule has 0 unspecified atom stereocenters. The summed E-state index contributed by atoms with van der Waals surface area (Å²) in [6.45, 7) is 3.91. The van der Waals surface area contributed by atoms with Crippen molar-refractivity contribution in [1.82, 2.24) is 10.2 Å². The molecule has 5 heteroatoms. The van der Waals surface area contributed by atoms with Crippen molar-refractivity contribution in [3.8, 4) is 0 Å². The van der Waals surface area contributed by atoms with Gasteiger partial charge in [0.05, 0.1) is 0 Å². The second kappa shape index (κ2) is 10.6. The van der Waals surface area contributed by atoms with E-state index in [0.717, 1.165) is 18.5 Å². The molecule has 0 aromatic heterocycles. The molecule has 0 spiro atoms. The first kappa shape index (κ1) is 20.0. The Kier molecular flexibility index (Phi) is 8.16. The number of nitrogens with zero attached hydrogens (tertiary/aromatic N) is 1. The highest BCUT2D eigenvalue weighted by atomic mass is 35.5. The maximum absolute atomic E-state index is 12.5. The van der Waals surface area contributed by atoms with E-state index in [4.69, 9.17) is 11.6 Å². The van der Waals surface area contributed by atoms with Gasteiger partial charge in [0.15, 0.2) is 0 Å². The van der Waals surface area contributed by atoms with Crippen LogP contribution in [0.25, 0.3) is 0 Å². The molecule has 26 heavy (non-hydrogen) atoms. The lowest BCUT2D eigenvalue weighted by Crippen LogP contribution is -2.32. The third-order valence-electron chi connectivity index (χ3n) is 4.02. The number of carbonyl (C=O) groups is 2. The van der Waals surface area contributed by atoms with Crippen LogP contribution < -0.4 is 5.32 Å². The molecule has 138 valence electrons. The first-order chi connectivity index (χ1) is 12.6. The first-order valence-corrected chi connectivity index (χ1v) is 9.33. The quantitative estimate of drug-likeness (QED) is 0.667. The van der Waals surface area contributed by atoms with Gasteiger partial charge in [-0.25, -0.2) is 0 Å². The summed E-state index contributed by atoms with van der Waals surface area (Å²) in [5, 5.41) is 3.44. The van der Waals surface area contributed by atoms with Crippen LogP contribution in [0.1, 0.15) is 42.1 Å². The summed E-state index contributed by atoms with van der Waals surface area (Å²) in [5.41, 5.74) is 1.70. The number of benzene rings is 2. The van der Waals surface area contributed by atoms with Crippen molar-refractivity contribution in [2.75, 3.05) is 13.1 Å². The van der Waals surface area contributed by atoms with E-state index < -0.39 is 0 Å². The SMILES string of the molecule is CCCN(Cc1ccccc1)C(=O)CCCNC(=O)c1ccc(Cl)cc1. The smallest absolute Gasteiger partial charge is 0.251 e. The molecule has 0 heterocycles. The van der Waals surface area contributed by atoms with E-state index in [0.29, 0.717) is 36.5 Å². The minimum Gasteiger partial charge on any atom is -0.352 e. The zero-order chi connectivity index (χ0) is 18.8. The Balaban J connectivity index is 1.76. The molecule has 0 aliphatic heterocycles. The molecule has 0 aliphatic carbocycles. The molecule has 0 aliphatic rings. The fraction of sp³-hybridized carbons (Fsp3) is 0.333. The summed E-state index contributed by atoms with van der Waals surface area (Å²) in [6, 6.07) is 16.7. The number of rotatable bonds is 9. The molecule has 2 amide bonds. The molecule has 1 N–H and O–H groups in total. The monoisotopic (exact) mass is 372 g/mol. The topological polar surface area (TPSA) is 49.4 Å². The molecule has 0 atom stereocenters. The Morgan fingerprint density at radius 3 is 2.38 bits per heavy atom. The van der Waals surface area contributed by atoms with E-state index in [9.17, 15) is 9.59 Å². The zero-order valence-corrected chi connectivity index (χ0v) is 15.8. The van der Waals surface area contributed by atoms with Crippen LogP contribution in [-0.2, 0) is 11.3 Å². The number of carbonyl (C=O) groups excluding carboxylic acids is 2. The van der Waals surface area contributed by atoms with Gasteiger partial charge in [-0.3, -0.25) is 9.59 Å². The maximum atomic E-state index is 12.5. The second-order valence-corrected chi connectivity index (χ2v) is 6.60. The Labute approximate surface area is 160 Å². The second-order valence-electron chi connectivity index (χ2n) is 6.17. The van der Waals surface area contributed by atoms with E-state index in [1.165, 1.54) is 0 Å². The molecule has 0 radical (unpaired) electrons. The molecular weight excluding hydrogens is 348 g/mol. The zero-order valence-electron chi connectivity index (χ0n) is 15.1. The minimum atomic E-state index is -0.149. The fourth-order valence-corrected chi connectivity index (χ4v) is 2.79. The van der Waals surface area contributed by atoms with Gasteiger partial charge in [0.2, 0.25) is 5.91 Å². The van der Waals surface area contributed by atoms with Crippen LogP contribution in [0.15, 0.2) is 54.6 Å². The summed E-state index contributed by atoms with van der Waals surface area (Å²) in [5.74, 6) is -0.0275. The van der Waals surface area contributed by atoms with Crippen LogP contribution in [0.3, 0.4) is 0 Å². The van der Waals surface area contributed by atoms with Gasteiger partial charge in [-0.2, -0.15) is 0 Å². The molecular formula is C21H25ClN2O2. The molecule has 2 aromatic rings. The van der Waals surface area contributed by atoms with Crippen molar-refractivity contribution < 1.29 is 9.59 Å². The van der Waals surface area contributed by atoms with Crippen LogP contribution in [0.4, 0.5) is 0 Å². The average Bonchev–Trinajstić information content (AvgIpc) is 2.66. The molecule has 0 saturated carbocycles. The van der Waals surface area contributed by atoms with Gasteiger partial charge in [-0.15, -0.1) is 0 Å². The van der Waals surface area contributed by atoms with Gasteiger partial charge < -0.3 is 10.2 Å². The van der Waals surface area contributed by atoms with Crippen molar-refractivity contribution in [2.24, 2.45) is 0 Å². The van der Waals surface area contributed by atoms with Crippen molar-refractivity contribution in [2.45, 2.75) is 32.7 Å². The molecule has 0 fully saturated rings. The summed E-state index contributed by atoms with van der Waals surface area (Å²) in [7, 11) is 0. The average molecular weight is 373 g/mol. The Hall–Kier alpha value is -2.33. The van der Waals surface area contributed by atoms with Crippen molar-refractivity contribution in [1.29, 1.82) is 0 Å². The molecule has 0 bridgehead atoms. The summed E-state index contributed by atoms with van der Waals surface area (Å²) in [4.78, 5) is 26.4. The number of amides is 2. The summed E-state index contributed by atoms with van der Waals surface area (Å²) in [6.07, 6.45) is 1.97. The van der Waals surface area contributed by atoms with Crippen molar-refractivity contribution in [3.05, 3.63) is 70.7 Å². The first-order valence-electron chi connectivity index (χ1n) is 8.95.